The van der Waals surface area contributed by atoms with E-state index in [1.165, 1.54) is 0 Å². The fourth-order valence-corrected chi connectivity index (χ4v) is 4.31. The molecule has 32 heavy (non-hydrogen) atoms. The summed E-state index contributed by atoms with van der Waals surface area (Å²) in [6.07, 6.45) is 9.18. The number of aliphatic hydroxyl groups excluding tert-OH is 1. The molecular formula is C23H23ClN6O2. The minimum atomic E-state index is -0.127. The summed E-state index contributed by atoms with van der Waals surface area (Å²) in [4.78, 5) is 18.0. The Labute approximate surface area is 190 Å². The SMILES string of the molecule is COc1cc(CO)c(-c2cn3ccc(N4CCN(c5cnccn5)CC4)cc3n2)cc1Cl. The van der Waals surface area contributed by atoms with Gasteiger partial charge in [0, 0.05) is 68.3 Å². The third-order valence-electron chi connectivity index (χ3n) is 5.79. The fourth-order valence-electron chi connectivity index (χ4n) is 4.07. The number of hydrogen-bond donors (Lipinski definition) is 1. The summed E-state index contributed by atoms with van der Waals surface area (Å²) in [7, 11) is 1.56. The van der Waals surface area contributed by atoms with Crippen molar-refractivity contribution in [3.05, 3.63) is 65.8 Å². The zero-order valence-corrected chi connectivity index (χ0v) is 18.4. The molecule has 1 fully saturated rings. The Morgan fingerprint density at radius 1 is 1.09 bits per heavy atom. The number of ether oxygens (including phenoxy) is 1. The van der Waals surface area contributed by atoms with E-state index in [-0.39, 0.29) is 6.61 Å². The van der Waals surface area contributed by atoms with Gasteiger partial charge in [0.2, 0.25) is 0 Å². The number of aromatic nitrogens is 4. The van der Waals surface area contributed by atoms with Gasteiger partial charge < -0.3 is 24.0 Å². The second kappa shape index (κ2) is 8.64. The molecule has 1 aliphatic heterocycles. The van der Waals surface area contributed by atoms with Gasteiger partial charge in [-0.05, 0) is 23.8 Å². The second-order valence-corrected chi connectivity index (χ2v) is 8.02. The molecule has 0 amide bonds. The van der Waals surface area contributed by atoms with Gasteiger partial charge in [0.25, 0.3) is 0 Å². The molecule has 0 atom stereocenters. The lowest BCUT2D eigenvalue weighted by atomic mass is 10.1. The summed E-state index contributed by atoms with van der Waals surface area (Å²) in [6.45, 7) is 3.42. The molecule has 4 heterocycles. The van der Waals surface area contributed by atoms with Gasteiger partial charge in [0.15, 0.2) is 0 Å². The first-order valence-electron chi connectivity index (χ1n) is 10.4. The molecule has 0 saturated carbocycles. The molecule has 5 rings (SSSR count). The van der Waals surface area contributed by atoms with Crippen LogP contribution in [0.15, 0.2) is 55.2 Å². The van der Waals surface area contributed by atoms with Crippen LogP contribution in [-0.4, -0.2) is 57.7 Å². The lowest BCUT2D eigenvalue weighted by molar-refractivity contribution is 0.281. The number of halogens is 1. The van der Waals surface area contributed by atoms with Crippen LogP contribution >= 0.6 is 11.6 Å². The van der Waals surface area contributed by atoms with Gasteiger partial charge in [-0.15, -0.1) is 0 Å². The van der Waals surface area contributed by atoms with Crippen LogP contribution in [0.4, 0.5) is 11.5 Å². The van der Waals surface area contributed by atoms with Crippen molar-refractivity contribution in [3.63, 3.8) is 0 Å². The molecule has 1 aromatic carbocycles. The van der Waals surface area contributed by atoms with E-state index in [2.05, 4.69) is 31.9 Å². The van der Waals surface area contributed by atoms with Crippen LogP contribution in [0.3, 0.4) is 0 Å². The van der Waals surface area contributed by atoms with Gasteiger partial charge in [0.1, 0.15) is 17.2 Å². The number of hydrogen-bond acceptors (Lipinski definition) is 7. The van der Waals surface area contributed by atoms with E-state index in [0.29, 0.717) is 10.8 Å². The van der Waals surface area contributed by atoms with E-state index >= 15 is 0 Å². The number of imidazole rings is 1. The number of rotatable bonds is 5. The first kappa shape index (κ1) is 20.5. The van der Waals surface area contributed by atoms with Gasteiger partial charge in [0.05, 0.1) is 30.6 Å². The number of methoxy groups -OCH3 is 1. The molecule has 8 nitrogen and oxygen atoms in total. The summed E-state index contributed by atoms with van der Waals surface area (Å²) in [5.74, 6) is 1.45. The minimum absolute atomic E-state index is 0.127. The predicted molar refractivity (Wildman–Crippen MR) is 125 cm³/mol. The van der Waals surface area contributed by atoms with Crippen molar-refractivity contribution < 1.29 is 9.84 Å². The number of anilines is 2. The maximum atomic E-state index is 9.83. The maximum absolute atomic E-state index is 9.83. The summed E-state index contributed by atoms with van der Waals surface area (Å²) in [5.41, 5.74) is 4.23. The monoisotopic (exact) mass is 450 g/mol. The van der Waals surface area contributed by atoms with E-state index in [1.54, 1.807) is 37.8 Å². The quantitative estimate of drug-likeness (QED) is 0.500. The third-order valence-corrected chi connectivity index (χ3v) is 6.08. The average Bonchev–Trinajstić information content (AvgIpc) is 3.28. The van der Waals surface area contributed by atoms with Gasteiger partial charge in [-0.3, -0.25) is 4.98 Å². The predicted octanol–water partition coefficient (Wildman–Crippen LogP) is 3.27. The molecular weight excluding hydrogens is 428 g/mol. The number of aliphatic hydroxyl groups is 1. The standard InChI is InChI=1S/C23H23ClN6O2/c1-32-21-10-16(15-31)18(12-19(21)24)20-14-30-5-2-17(11-22(30)27-20)28-6-8-29(9-7-28)23-13-25-3-4-26-23/h2-5,10-14,31H,6-9,15H2,1H3. The summed E-state index contributed by atoms with van der Waals surface area (Å²) >= 11 is 6.33. The number of piperazine rings is 1. The highest BCUT2D eigenvalue weighted by molar-refractivity contribution is 6.32. The normalized spacial score (nSPS) is 14.2. The Morgan fingerprint density at radius 3 is 2.62 bits per heavy atom. The van der Waals surface area contributed by atoms with Crippen molar-refractivity contribution in [1.82, 2.24) is 19.4 Å². The number of fused-ring (bicyclic) bond motifs is 1. The Bertz CT molecular complexity index is 1240. The van der Waals surface area contributed by atoms with Gasteiger partial charge in [-0.25, -0.2) is 9.97 Å². The number of nitrogens with zero attached hydrogens (tertiary/aromatic N) is 6. The van der Waals surface area contributed by atoms with E-state index < -0.39 is 0 Å². The van der Waals surface area contributed by atoms with E-state index in [0.717, 1.165) is 60.2 Å². The molecule has 4 aromatic rings. The highest BCUT2D eigenvalue weighted by Gasteiger charge is 2.19. The summed E-state index contributed by atoms with van der Waals surface area (Å²) in [6, 6.07) is 7.74. The second-order valence-electron chi connectivity index (χ2n) is 7.62. The zero-order valence-electron chi connectivity index (χ0n) is 17.6. The van der Waals surface area contributed by atoms with E-state index in [1.807, 2.05) is 16.8 Å². The topological polar surface area (TPSA) is 79.0 Å². The Morgan fingerprint density at radius 2 is 1.91 bits per heavy atom. The molecule has 0 radical (unpaired) electrons. The minimum Gasteiger partial charge on any atom is -0.495 e. The van der Waals surface area contributed by atoms with Gasteiger partial charge >= 0.3 is 0 Å². The van der Waals surface area contributed by atoms with Crippen molar-refractivity contribution in [2.45, 2.75) is 6.61 Å². The lowest BCUT2D eigenvalue weighted by Gasteiger charge is -2.36. The molecule has 1 saturated heterocycles. The van der Waals surface area contributed by atoms with Crippen LogP contribution in [0.5, 0.6) is 5.75 Å². The molecule has 9 heteroatoms. The van der Waals surface area contributed by atoms with Crippen LogP contribution < -0.4 is 14.5 Å². The van der Waals surface area contributed by atoms with Crippen molar-refractivity contribution in [2.24, 2.45) is 0 Å². The highest BCUT2D eigenvalue weighted by atomic mass is 35.5. The van der Waals surface area contributed by atoms with Crippen LogP contribution in [0, 0.1) is 0 Å². The molecule has 164 valence electrons. The van der Waals surface area contributed by atoms with Crippen LogP contribution in [0.1, 0.15) is 5.56 Å². The van der Waals surface area contributed by atoms with Gasteiger partial charge in [-0.1, -0.05) is 11.6 Å². The Kier molecular flexibility index (Phi) is 5.55. The molecule has 0 unspecified atom stereocenters. The fraction of sp³-hybridized carbons (Fsp3) is 0.261. The largest absolute Gasteiger partial charge is 0.495 e. The lowest BCUT2D eigenvalue weighted by Crippen LogP contribution is -2.46. The number of benzene rings is 1. The Balaban J connectivity index is 1.39. The van der Waals surface area contributed by atoms with Crippen LogP contribution in [0.25, 0.3) is 16.9 Å². The van der Waals surface area contributed by atoms with Crippen molar-refractivity contribution in [2.75, 3.05) is 43.1 Å². The maximum Gasteiger partial charge on any atom is 0.147 e. The van der Waals surface area contributed by atoms with E-state index in [4.69, 9.17) is 21.3 Å². The van der Waals surface area contributed by atoms with Crippen molar-refractivity contribution in [1.29, 1.82) is 0 Å². The third kappa shape index (κ3) is 3.83. The van der Waals surface area contributed by atoms with Gasteiger partial charge in [-0.2, -0.15) is 0 Å². The van der Waals surface area contributed by atoms with Crippen LogP contribution in [0.2, 0.25) is 5.02 Å². The average molecular weight is 451 g/mol. The molecule has 1 aliphatic rings. The molecule has 1 N–H and O–H groups in total. The van der Waals surface area contributed by atoms with Crippen molar-refractivity contribution >= 4 is 28.8 Å². The number of pyridine rings is 1. The smallest absolute Gasteiger partial charge is 0.147 e. The molecule has 0 bridgehead atoms. The van der Waals surface area contributed by atoms with Crippen molar-refractivity contribution in [3.8, 4) is 17.0 Å². The molecule has 0 aliphatic carbocycles. The summed E-state index contributed by atoms with van der Waals surface area (Å²) in [5, 5.41) is 10.3. The highest BCUT2D eigenvalue weighted by Crippen LogP contribution is 2.34. The first-order valence-corrected chi connectivity index (χ1v) is 10.8. The zero-order chi connectivity index (χ0) is 22.1. The Hall–Kier alpha value is -3.36. The van der Waals surface area contributed by atoms with Crippen LogP contribution in [-0.2, 0) is 6.61 Å². The summed E-state index contributed by atoms with van der Waals surface area (Å²) < 4.78 is 7.25. The molecule has 0 spiro atoms. The molecule has 3 aromatic heterocycles. The van der Waals surface area contributed by atoms with E-state index in [9.17, 15) is 5.11 Å². The first-order chi connectivity index (χ1) is 15.7.